The molecule has 0 saturated carbocycles. The van der Waals surface area contributed by atoms with Gasteiger partial charge < -0.3 is 14.9 Å². The number of rotatable bonds is 6. The van der Waals surface area contributed by atoms with Crippen LogP contribution in [-0.2, 0) is 40.3 Å². The van der Waals surface area contributed by atoms with E-state index in [1.807, 2.05) is 17.6 Å². The van der Waals surface area contributed by atoms with Gasteiger partial charge >= 0.3 is 11.9 Å². The Balaban J connectivity index is 0.000000480. The van der Waals surface area contributed by atoms with Crippen molar-refractivity contribution in [3.05, 3.63) is 63.1 Å². The Morgan fingerprint density at radius 3 is 2.35 bits per heavy atom. The van der Waals surface area contributed by atoms with E-state index < -0.39 is 11.9 Å². The number of carboxylic acid groups (broad SMARTS) is 2. The van der Waals surface area contributed by atoms with Gasteiger partial charge in [-0.1, -0.05) is 18.2 Å². The summed E-state index contributed by atoms with van der Waals surface area (Å²) in [5.41, 5.74) is 2.78. The largest absolute Gasteiger partial charge is 0.473 e. The average molecular weight is 516 g/mol. The summed E-state index contributed by atoms with van der Waals surface area (Å²) in [6, 6.07) is 7.84. The predicted molar refractivity (Wildman–Crippen MR) is 133 cm³/mol. The highest BCUT2D eigenvalue weighted by Crippen LogP contribution is 2.37. The van der Waals surface area contributed by atoms with Gasteiger partial charge in [-0.15, -0.1) is 0 Å². The van der Waals surface area contributed by atoms with E-state index in [1.54, 1.807) is 12.1 Å². The first-order valence-corrected chi connectivity index (χ1v) is 12.9. The molecule has 2 fully saturated rings. The monoisotopic (exact) mass is 515 g/mol. The van der Waals surface area contributed by atoms with Crippen LogP contribution in [0.1, 0.15) is 61.2 Å². The van der Waals surface area contributed by atoms with E-state index in [0.717, 1.165) is 62.2 Å². The third-order valence-corrected chi connectivity index (χ3v) is 7.67. The molecule has 1 aromatic heterocycles. The Morgan fingerprint density at radius 1 is 1.05 bits per heavy atom. The fraction of sp³-hybridized carbons (Fsp3) is 0.556. The van der Waals surface area contributed by atoms with Gasteiger partial charge in [0.05, 0.1) is 18.4 Å². The topological polar surface area (TPSA) is 122 Å². The van der Waals surface area contributed by atoms with Crippen LogP contribution < -0.4 is 5.56 Å². The molecule has 0 spiro atoms. The molecule has 2 aromatic rings. The maximum Gasteiger partial charge on any atom is 0.414 e. The summed E-state index contributed by atoms with van der Waals surface area (Å²) >= 11 is 0. The molecule has 10 heteroatoms. The molecule has 2 bridgehead atoms. The molecule has 2 aliphatic heterocycles. The van der Waals surface area contributed by atoms with Gasteiger partial charge in [-0.3, -0.25) is 14.3 Å². The van der Waals surface area contributed by atoms with Crippen LogP contribution in [0.3, 0.4) is 0 Å². The number of ether oxygens (including phenoxy) is 1. The Kier molecular flexibility index (Phi) is 8.71. The van der Waals surface area contributed by atoms with E-state index in [4.69, 9.17) is 29.5 Å². The third-order valence-electron chi connectivity index (χ3n) is 7.67. The second-order valence-corrected chi connectivity index (χ2v) is 9.98. The number of aliphatic carboxylic acids is 2. The number of carboxylic acids is 2. The predicted octanol–water partition coefficient (Wildman–Crippen LogP) is 2.94. The van der Waals surface area contributed by atoms with Gasteiger partial charge in [0.2, 0.25) is 0 Å². The first-order chi connectivity index (χ1) is 17.7. The molecule has 1 aromatic carbocycles. The zero-order valence-corrected chi connectivity index (χ0v) is 21.1. The molecule has 0 amide bonds. The molecule has 9 nitrogen and oxygen atoms in total. The van der Waals surface area contributed by atoms with Crippen LogP contribution in [0.4, 0.5) is 4.39 Å². The molecule has 2 atom stereocenters. The molecule has 1 aliphatic carbocycles. The van der Waals surface area contributed by atoms with E-state index in [0.29, 0.717) is 30.8 Å². The quantitative estimate of drug-likeness (QED) is 0.563. The van der Waals surface area contributed by atoms with Crippen LogP contribution in [0.25, 0.3) is 0 Å². The lowest BCUT2D eigenvalue weighted by atomic mass is 9.97. The van der Waals surface area contributed by atoms with Crippen molar-refractivity contribution in [1.82, 2.24) is 14.5 Å². The number of hydrogen-bond acceptors (Lipinski definition) is 6. The smallest absolute Gasteiger partial charge is 0.414 e. The lowest BCUT2D eigenvalue weighted by molar-refractivity contribution is -0.159. The fourth-order valence-electron chi connectivity index (χ4n) is 5.84. The zero-order valence-electron chi connectivity index (χ0n) is 21.1. The third kappa shape index (κ3) is 6.42. The summed E-state index contributed by atoms with van der Waals surface area (Å²) < 4.78 is 21.9. The Labute approximate surface area is 214 Å². The van der Waals surface area contributed by atoms with Crippen LogP contribution in [0, 0.1) is 12.7 Å². The van der Waals surface area contributed by atoms with E-state index in [2.05, 4.69) is 4.90 Å². The van der Waals surface area contributed by atoms with Crippen LogP contribution in [0.2, 0.25) is 0 Å². The molecule has 2 unspecified atom stereocenters. The van der Waals surface area contributed by atoms with E-state index in [-0.39, 0.29) is 17.5 Å². The minimum absolute atomic E-state index is 0.178. The number of fused-ring (bicyclic) bond motifs is 3. The van der Waals surface area contributed by atoms with Crippen molar-refractivity contribution >= 4 is 11.9 Å². The first-order valence-electron chi connectivity index (χ1n) is 12.9. The summed E-state index contributed by atoms with van der Waals surface area (Å²) in [6.07, 6.45) is 8.57. The van der Waals surface area contributed by atoms with Crippen molar-refractivity contribution in [2.24, 2.45) is 0 Å². The molecule has 5 rings (SSSR count). The molecule has 2 saturated heterocycles. The van der Waals surface area contributed by atoms with E-state index in [1.165, 1.54) is 18.9 Å². The van der Waals surface area contributed by atoms with Gasteiger partial charge in [-0.05, 0) is 64.4 Å². The minimum atomic E-state index is -1.82. The normalized spacial score (nSPS) is 22.6. The van der Waals surface area contributed by atoms with Crippen LogP contribution in [0.15, 0.2) is 29.1 Å². The Hall–Kier alpha value is -3.11. The Morgan fingerprint density at radius 2 is 1.70 bits per heavy atom. The highest BCUT2D eigenvalue weighted by Gasteiger charge is 2.40. The van der Waals surface area contributed by atoms with Crippen molar-refractivity contribution in [2.45, 2.75) is 89.6 Å². The van der Waals surface area contributed by atoms with Crippen molar-refractivity contribution < 1.29 is 28.9 Å². The second kappa shape index (κ2) is 12.0. The van der Waals surface area contributed by atoms with Crippen LogP contribution >= 0.6 is 0 Å². The standard InChI is InChI=1S/C25H32FN3O2.C2H2O4/c1-17-27-24-9-5-3-7-22(24)25(30)28(17)12-13-29-19-10-11-20(29)15-21(14-19)31-16-18-6-2-4-8-23(18)26;3-1(4)2(5)6/h2,4,6,8,19-21H,3,5,7,9-16H2,1H3;(H,3,4)(H,5,6). The molecular weight excluding hydrogens is 481 g/mol. The first kappa shape index (κ1) is 26.9. The highest BCUT2D eigenvalue weighted by atomic mass is 19.1. The zero-order chi connectivity index (χ0) is 26.5. The average Bonchev–Trinajstić information content (AvgIpc) is 3.11. The van der Waals surface area contributed by atoms with Crippen molar-refractivity contribution in [1.29, 1.82) is 0 Å². The van der Waals surface area contributed by atoms with E-state index >= 15 is 0 Å². The number of piperidine rings is 1. The summed E-state index contributed by atoms with van der Waals surface area (Å²) in [6.45, 7) is 3.90. The van der Waals surface area contributed by atoms with Gasteiger partial charge in [0.15, 0.2) is 0 Å². The molecule has 2 N–H and O–H groups in total. The second-order valence-electron chi connectivity index (χ2n) is 9.98. The molecule has 200 valence electrons. The molecule has 0 radical (unpaired) electrons. The summed E-state index contributed by atoms with van der Waals surface area (Å²) in [7, 11) is 0. The highest BCUT2D eigenvalue weighted by molar-refractivity contribution is 6.27. The van der Waals surface area contributed by atoms with Gasteiger partial charge in [-0.2, -0.15) is 0 Å². The lowest BCUT2D eigenvalue weighted by Crippen LogP contribution is -2.47. The number of aryl methyl sites for hydroxylation is 2. The SMILES string of the molecule is Cc1nc2c(c(=O)n1CCN1C3CCC1CC(OCc1ccccc1F)C3)CCCC2.O=C(O)C(=O)O. The number of benzene rings is 1. The lowest BCUT2D eigenvalue weighted by Gasteiger charge is -2.39. The Bertz CT molecular complexity index is 1170. The molecule has 3 aliphatic rings. The van der Waals surface area contributed by atoms with Crippen molar-refractivity contribution in [3.8, 4) is 0 Å². The number of carbonyl (C=O) groups is 2. The number of aromatic nitrogens is 2. The van der Waals surface area contributed by atoms with Crippen molar-refractivity contribution in [2.75, 3.05) is 6.54 Å². The summed E-state index contributed by atoms with van der Waals surface area (Å²) in [5, 5.41) is 14.8. The van der Waals surface area contributed by atoms with Crippen LogP contribution in [-0.4, -0.2) is 61.3 Å². The van der Waals surface area contributed by atoms with Gasteiger partial charge in [0.25, 0.3) is 5.56 Å². The molecular formula is C27H34FN3O6. The summed E-state index contributed by atoms with van der Waals surface area (Å²) in [4.78, 5) is 38.6. The van der Waals surface area contributed by atoms with Crippen LogP contribution in [0.5, 0.6) is 0 Å². The number of halogens is 1. The maximum absolute atomic E-state index is 13.9. The number of hydrogen-bond donors (Lipinski definition) is 2. The molecule has 37 heavy (non-hydrogen) atoms. The van der Waals surface area contributed by atoms with Gasteiger partial charge in [0.1, 0.15) is 11.6 Å². The maximum atomic E-state index is 13.9. The van der Waals surface area contributed by atoms with Crippen molar-refractivity contribution in [3.63, 3.8) is 0 Å². The van der Waals surface area contributed by atoms with Gasteiger partial charge in [-0.25, -0.2) is 19.0 Å². The molecule has 3 heterocycles. The fourth-order valence-corrected chi connectivity index (χ4v) is 5.84. The van der Waals surface area contributed by atoms with Gasteiger partial charge in [0, 0.05) is 36.3 Å². The number of nitrogens with zero attached hydrogens (tertiary/aromatic N) is 3. The van der Waals surface area contributed by atoms with E-state index in [9.17, 15) is 9.18 Å². The summed E-state index contributed by atoms with van der Waals surface area (Å²) in [5.74, 6) is -2.99. The minimum Gasteiger partial charge on any atom is -0.473 e.